The van der Waals surface area contributed by atoms with Crippen LogP contribution in [-0.2, 0) is 23.9 Å². The molecule has 0 aliphatic carbocycles. The number of carboxylic acid groups (broad SMARTS) is 1. The summed E-state index contributed by atoms with van der Waals surface area (Å²) in [5.74, 6) is -3.72. The lowest BCUT2D eigenvalue weighted by molar-refractivity contribution is -0.151. The highest BCUT2D eigenvalue weighted by Crippen LogP contribution is 2.40. The first-order valence-electron chi connectivity index (χ1n) is 14.2. The van der Waals surface area contributed by atoms with E-state index in [4.69, 9.17) is 4.74 Å². The number of hydrogen-bond donors (Lipinski definition) is 3. The van der Waals surface area contributed by atoms with E-state index in [9.17, 15) is 33.9 Å². The molecule has 3 N–H and O–H groups in total. The molecular formula is C34H29N3O8S. The maximum atomic E-state index is 13.6. The van der Waals surface area contributed by atoms with E-state index < -0.39 is 47.1 Å². The minimum atomic E-state index is -1.34. The van der Waals surface area contributed by atoms with Crippen LogP contribution < -0.4 is 10.6 Å². The van der Waals surface area contributed by atoms with Gasteiger partial charge in [0.05, 0.1) is 0 Å². The first kappa shape index (κ1) is 31.9. The second-order valence-corrected chi connectivity index (χ2v) is 11.5. The summed E-state index contributed by atoms with van der Waals surface area (Å²) in [6, 6.07) is 21.6. The number of allylic oxidation sites excluding steroid dienone is 1. The van der Waals surface area contributed by atoms with Crippen LogP contribution in [0.25, 0.3) is 6.08 Å². The van der Waals surface area contributed by atoms with Crippen molar-refractivity contribution in [3.8, 4) is 0 Å². The normalized spacial score (nSPS) is 17.8. The number of thioether (sulfide) groups is 1. The number of nitrogens with zero attached hydrogens (tertiary/aromatic N) is 1. The van der Waals surface area contributed by atoms with Crippen molar-refractivity contribution in [2.24, 2.45) is 0 Å². The number of β-lactam (4-membered cyclic amide) rings is 1. The van der Waals surface area contributed by atoms with Crippen LogP contribution in [-0.4, -0.2) is 69.2 Å². The third kappa shape index (κ3) is 7.08. The van der Waals surface area contributed by atoms with Crippen molar-refractivity contribution in [3.05, 3.63) is 125 Å². The van der Waals surface area contributed by atoms with Crippen molar-refractivity contribution in [1.82, 2.24) is 15.5 Å². The number of carbonyl (C=O) groups excluding carboxylic acids is 5. The van der Waals surface area contributed by atoms with Gasteiger partial charge in [-0.1, -0.05) is 78.9 Å². The summed E-state index contributed by atoms with van der Waals surface area (Å²) in [5.41, 5.74) is 2.01. The summed E-state index contributed by atoms with van der Waals surface area (Å²) < 4.78 is 4.96. The maximum Gasteiger partial charge on any atom is 0.352 e. The highest BCUT2D eigenvalue weighted by molar-refractivity contribution is 8.00. The zero-order valence-corrected chi connectivity index (χ0v) is 25.4. The molecule has 0 spiro atoms. The predicted octanol–water partition coefficient (Wildman–Crippen LogP) is 3.36. The Morgan fingerprint density at radius 3 is 2.24 bits per heavy atom. The first-order chi connectivity index (χ1) is 22.1. The lowest BCUT2D eigenvalue weighted by Crippen LogP contribution is -2.71. The molecule has 0 bridgehead atoms. The number of ether oxygens (including phenoxy) is 1. The summed E-state index contributed by atoms with van der Waals surface area (Å²) in [6.07, 6.45) is 3.09. The smallest absolute Gasteiger partial charge is 0.352 e. The van der Waals surface area contributed by atoms with E-state index in [0.29, 0.717) is 16.7 Å². The Kier molecular flexibility index (Phi) is 9.77. The van der Waals surface area contributed by atoms with E-state index in [-0.39, 0.29) is 35.0 Å². The number of benzene rings is 3. The van der Waals surface area contributed by atoms with Crippen LogP contribution in [0.3, 0.4) is 0 Å². The second-order valence-electron chi connectivity index (χ2n) is 10.4. The molecular weight excluding hydrogens is 610 g/mol. The van der Waals surface area contributed by atoms with Gasteiger partial charge in [-0.3, -0.25) is 28.9 Å². The Bertz CT molecular complexity index is 1740. The molecule has 46 heavy (non-hydrogen) atoms. The predicted molar refractivity (Wildman–Crippen MR) is 169 cm³/mol. The zero-order chi connectivity index (χ0) is 32.8. The quantitative estimate of drug-likeness (QED) is 0.124. The third-order valence-electron chi connectivity index (χ3n) is 7.33. The van der Waals surface area contributed by atoms with Crippen LogP contribution >= 0.6 is 11.8 Å². The number of hydrogen-bond acceptors (Lipinski definition) is 8. The molecule has 5 rings (SSSR count). The fourth-order valence-electron chi connectivity index (χ4n) is 5.00. The van der Waals surface area contributed by atoms with Crippen molar-refractivity contribution in [2.75, 3.05) is 12.4 Å². The Morgan fingerprint density at radius 2 is 1.61 bits per heavy atom. The number of fused-ring (bicyclic) bond motifs is 1. The topological polar surface area (TPSA) is 159 Å². The van der Waals surface area contributed by atoms with Crippen molar-refractivity contribution in [2.45, 2.75) is 24.4 Å². The van der Waals surface area contributed by atoms with Crippen LogP contribution in [0.4, 0.5) is 0 Å². The van der Waals surface area contributed by atoms with E-state index in [1.807, 2.05) is 6.07 Å². The Morgan fingerprint density at radius 1 is 0.957 bits per heavy atom. The molecule has 3 amide bonds. The van der Waals surface area contributed by atoms with Gasteiger partial charge in [0.1, 0.15) is 29.8 Å². The molecule has 2 aliphatic heterocycles. The molecule has 3 aromatic carbocycles. The van der Waals surface area contributed by atoms with Crippen LogP contribution in [0.5, 0.6) is 0 Å². The summed E-state index contributed by atoms with van der Waals surface area (Å²) >= 11 is 1.24. The van der Waals surface area contributed by atoms with Crippen molar-refractivity contribution in [3.63, 3.8) is 0 Å². The van der Waals surface area contributed by atoms with Crippen LogP contribution in [0, 0.1) is 0 Å². The number of amides is 3. The number of ketones is 1. The van der Waals surface area contributed by atoms with Crippen molar-refractivity contribution >= 4 is 53.3 Å². The first-order valence-corrected chi connectivity index (χ1v) is 15.3. The van der Waals surface area contributed by atoms with E-state index in [0.717, 1.165) is 4.90 Å². The summed E-state index contributed by atoms with van der Waals surface area (Å²) in [4.78, 5) is 76.7. The van der Waals surface area contributed by atoms with E-state index in [1.54, 1.807) is 84.9 Å². The van der Waals surface area contributed by atoms with E-state index >= 15 is 0 Å². The molecule has 3 atom stereocenters. The van der Waals surface area contributed by atoms with Crippen molar-refractivity contribution in [1.29, 1.82) is 0 Å². The third-order valence-corrected chi connectivity index (χ3v) is 8.67. The van der Waals surface area contributed by atoms with Crippen LogP contribution in [0.1, 0.15) is 44.8 Å². The molecule has 1 unspecified atom stereocenters. The van der Waals surface area contributed by atoms with Crippen LogP contribution in [0.2, 0.25) is 0 Å². The molecule has 12 heteroatoms. The zero-order valence-electron chi connectivity index (χ0n) is 24.5. The average molecular weight is 640 g/mol. The SMILES string of the molecule is CC(=O)OCC1=C(C(=O)O)N2C(=O)[C@@H](NC(=O)C(NC(=O)c3ccc(C=CC(=O)c4ccccc4)cc3)c3ccccc3)[C@H]2SC1. The van der Waals surface area contributed by atoms with Crippen molar-refractivity contribution < 1.29 is 38.6 Å². The second kappa shape index (κ2) is 14.1. The summed E-state index contributed by atoms with van der Waals surface area (Å²) in [7, 11) is 0. The molecule has 2 aliphatic rings. The Hall–Kier alpha value is -5.49. The van der Waals surface area contributed by atoms with Gasteiger partial charge in [-0.15, -0.1) is 11.8 Å². The largest absolute Gasteiger partial charge is 0.477 e. The molecule has 0 radical (unpaired) electrons. The fourth-order valence-corrected chi connectivity index (χ4v) is 6.32. The van der Waals surface area contributed by atoms with Gasteiger partial charge in [0.2, 0.25) is 5.91 Å². The van der Waals surface area contributed by atoms with Crippen LogP contribution in [0.15, 0.2) is 102 Å². The highest BCUT2D eigenvalue weighted by Gasteiger charge is 2.54. The Labute approximate surface area is 268 Å². The number of carbonyl (C=O) groups is 6. The fraction of sp³-hybridized carbons (Fsp3) is 0.176. The molecule has 234 valence electrons. The highest BCUT2D eigenvalue weighted by atomic mass is 32.2. The number of nitrogens with one attached hydrogen (secondary N) is 2. The number of carboxylic acids is 1. The monoisotopic (exact) mass is 639 g/mol. The van der Waals surface area contributed by atoms with E-state index in [2.05, 4.69) is 10.6 Å². The molecule has 1 fully saturated rings. The van der Waals surface area contributed by atoms with Gasteiger partial charge in [-0.2, -0.15) is 0 Å². The lowest BCUT2D eigenvalue weighted by atomic mass is 10.0. The maximum absolute atomic E-state index is 13.6. The van der Waals surface area contributed by atoms with Gasteiger partial charge >= 0.3 is 11.9 Å². The van der Waals surface area contributed by atoms with Gasteiger partial charge in [0, 0.05) is 29.4 Å². The molecule has 3 aromatic rings. The van der Waals surface area contributed by atoms with Gasteiger partial charge in [0.25, 0.3) is 11.8 Å². The van der Waals surface area contributed by atoms with Gasteiger partial charge in [-0.05, 0) is 29.3 Å². The lowest BCUT2D eigenvalue weighted by Gasteiger charge is -2.49. The number of esters is 1. The molecule has 2 heterocycles. The minimum Gasteiger partial charge on any atom is -0.477 e. The van der Waals surface area contributed by atoms with Gasteiger partial charge in [-0.25, -0.2) is 4.79 Å². The molecule has 1 saturated heterocycles. The summed E-state index contributed by atoms with van der Waals surface area (Å²) in [5, 5.41) is 14.5. The van der Waals surface area contributed by atoms with Gasteiger partial charge in [0.15, 0.2) is 5.78 Å². The summed E-state index contributed by atoms with van der Waals surface area (Å²) in [6.45, 7) is 0.939. The number of aliphatic carboxylic acids is 1. The minimum absolute atomic E-state index is 0.156. The molecule has 11 nitrogen and oxygen atoms in total. The molecule has 0 saturated carbocycles. The standard InChI is InChI=1S/C34H29N3O8S/c1-20(38)45-18-25-19-46-33-28(32(42)37(33)29(25)34(43)44)36-31(41)27(23-10-6-3-7-11-23)35-30(40)24-15-12-21(13-16-24)14-17-26(39)22-8-4-2-5-9-22/h2-17,27-28,33H,18-19H2,1H3,(H,35,40)(H,36,41)(H,43,44)/t27?,28-,33-/m1/s1. The van der Waals surface area contributed by atoms with E-state index in [1.165, 1.54) is 24.8 Å². The average Bonchev–Trinajstić information content (AvgIpc) is 3.07. The number of rotatable bonds is 11. The molecule has 0 aromatic heterocycles. The van der Waals surface area contributed by atoms with Gasteiger partial charge < -0.3 is 20.5 Å². The Balaban J connectivity index is 1.27.